The summed E-state index contributed by atoms with van der Waals surface area (Å²) >= 11 is 0. The van der Waals surface area contributed by atoms with E-state index in [4.69, 9.17) is 0 Å². The summed E-state index contributed by atoms with van der Waals surface area (Å²) < 4.78 is 2.40. The Balaban J connectivity index is 1.04. The van der Waals surface area contributed by atoms with Gasteiger partial charge >= 0.3 is 0 Å². The molecule has 0 fully saturated rings. The zero-order valence-electron chi connectivity index (χ0n) is 30.7. The molecular weight excluding hydrogens is 677 g/mol. The van der Waals surface area contributed by atoms with Gasteiger partial charge in [-0.3, -0.25) is 0 Å². The van der Waals surface area contributed by atoms with Crippen molar-refractivity contribution in [2.75, 3.05) is 4.90 Å². The van der Waals surface area contributed by atoms with Crippen LogP contribution in [0.4, 0.5) is 17.1 Å². The van der Waals surface area contributed by atoms with Crippen LogP contribution in [-0.2, 0) is 0 Å². The van der Waals surface area contributed by atoms with Crippen LogP contribution in [0.1, 0.15) is 0 Å². The molecule has 262 valence electrons. The highest BCUT2D eigenvalue weighted by Gasteiger charge is 2.17. The first-order chi connectivity index (χ1) is 27.8. The van der Waals surface area contributed by atoms with Gasteiger partial charge < -0.3 is 9.47 Å². The Kier molecular flexibility index (Phi) is 7.53. The molecule has 0 bridgehead atoms. The number of aromatic nitrogens is 1. The van der Waals surface area contributed by atoms with Gasteiger partial charge in [-0.1, -0.05) is 158 Å². The Morgan fingerprint density at radius 1 is 0.304 bits per heavy atom. The molecule has 0 saturated carbocycles. The Bertz CT molecular complexity index is 3230. The Morgan fingerprint density at radius 2 is 0.857 bits per heavy atom. The molecule has 11 rings (SSSR count). The number of rotatable bonds is 6. The van der Waals surface area contributed by atoms with E-state index < -0.39 is 0 Å². The molecule has 2 nitrogen and oxygen atoms in total. The van der Waals surface area contributed by atoms with E-state index in [1.807, 2.05) is 0 Å². The van der Waals surface area contributed by atoms with E-state index in [0.717, 1.165) is 22.7 Å². The molecule has 0 amide bonds. The molecule has 1 heterocycles. The molecule has 56 heavy (non-hydrogen) atoms. The van der Waals surface area contributed by atoms with Gasteiger partial charge in [-0.25, -0.2) is 0 Å². The second kappa shape index (κ2) is 13.2. The molecule has 11 aromatic rings. The monoisotopic (exact) mass is 712 g/mol. The minimum atomic E-state index is 1.11. The summed E-state index contributed by atoms with van der Waals surface area (Å²) in [7, 11) is 0. The maximum absolute atomic E-state index is 2.40. The Morgan fingerprint density at radius 3 is 1.66 bits per heavy atom. The van der Waals surface area contributed by atoms with Crippen molar-refractivity contribution in [2.45, 2.75) is 0 Å². The molecular formula is C54H36N2. The van der Waals surface area contributed by atoms with Crippen molar-refractivity contribution in [3.63, 3.8) is 0 Å². The van der Waals surface area contributed by atoms with Crippen LogP contribution in [0.15, 0.2) is 218 Å². The molecule has 0 aliphatic heterocycles. The van der Waals surface area contributed by atoms with Gasteiger partial charge in [0, 0.05) is 33.5 Å². The molecule has 10 aromatic carbocycles. The predicted octanol–water partition coefficient (Wildman–Crippen LogP) is 15.0. The second-order valence-electron chi connectivity index (χ2n) is 14.5. The van der Waals surface area contributed by atoms with Crippen LogP contribution in [0.3, 0.4) is 0 Å². The zero-order valence-corrected chi connectivity index (χ0v) is 30.7. The first-order valence-electron chi connectivity index (χ1n) is 19.3. The SMILES string of the molecule is c1ccc(N(c2ccc(-c3cccc4cccc(-c5ccc6c7ccccc7n(-c7ccccc7)c6c5)c34)cc2)c2ccc3c(ccc4ccccc43)c2)cc1. The van der Waals surface area contributed by atoms with Crippen molar-refractivity contribution < 1.29 is 0 Å². The minimum Gasteiger partial charge on any atom is -0.310 e. The number of benzene rings is 10. The third kappa shape index (κ3) is 5.26. The third-order valence-corrected chi connectivity index (χ3v) is 11.3. The normalized spacial score (nSPS) is 11.6. The van der Waals surface area contributed by atoms with Crippen molar-refractivity contribution in [2.24, 2.45) is 0 Å². The molecule has 0 saturated heterocycles. The molecule has 0 radical (unpaired) electrons. The van der Waals surface area contributed by atoms with E-state index in [0.29, 0.717) is 0 Å². The van der Waals surface area contributed by atoms with Crippen LogP contribution in [0.2, 0.25) is 0 Å². The van der Waals surface area contributed by atoms with Crippen LogP contribution < -0.4 is 4.90 Å². The maximum Gasteiger partial charge on any atom is 0.0547 e. The lowest BCUT2D eigenvalue weighted by Gasteiger charge is -2.26. The van der Waals surface area contributed by atoms with Gasteiger partial charge in [0.15, 0.2) is 0 Å². The van der Waals surface area contributed by atoms with Crippen LogP contribution >= 0.6 is 0 Å². The molecule has 0 spiro atoms. The van der Waals surface area contributed by atoms with Crippen LogP contribution in [0.5, 0.6) is 0 Å². The molecule has 0 aliphatic carbocycles. The van der Waals surface area contributed by atoms with Gasteiger partial charge in [0.05, 0.1) is 11.0 Å². The van der Waals surface area contributed by atoms with Crippen LogP contribution in [0.25, 0.3) is 82.1 Å². The third-order valence-electron chi connectivity index (χ3n) is 11.3. The van der Waals surface area contributed by atoms with E-state index in [1.165, 1.54) is 76.4 Å². The fourth-order valence-electron chi connectivity index (χ4n) is 8.77. The summed E-state index contributed by atoms with van der Waals surface area (Å²) in [4.78, 5) is 2.36. The number of hydrogen-bond donors (Lipinski definition) is 0. The molecule has 1 aromatic heterocycles. The van der Waals surface area contributed by atoms with Crippen molar-refractivity contribution in [3.8, 4) is 27.9 Å². The molecule has 0 unspecified atom stereocenters. The zero-order chi connectivity index (χ0) is 37.0. The van der Waals surface area contributed by atoms with Crippen molar-refractivity contribution in [1.29, 1.82) is 0 Å². The summed E-state index contributed by atoms with van der Waals surface area (Å²) in [5.41, 5.74) is 11.8. The average molecular weight is 713 g/mol. The summed E-state index contributed by atoms with van der Waals surface area (Å²) in [6, 6.07) is 79.4. The smallest absolute Gasteiger partial charge is 0.0547 e. The molecule has 0 aliphatic rings. The van der Waals surface area contributed by atoms with E-state index in [1.54, 1.807) is 0 Å². The van der Waals surface area contributed by atoms with Crippen LogP contribution in [0, 0.1) is 0 Å². The highest BCUT2D eigenvalue weighted by molar-refractivity contribution is 6.13. The quantitative estimate of drug-likeness (QED) is 0.156. The second-order valence-corrected chi connectivity index (χ2v) is 14.5. The van der Waals surface area contributed by atoms with Gasteiger partial charge in [-0.2, -0.15) is 0 Å². The van der Waals surface area contributed by atoms with Crippen molar-refractivity contribution in [3.05, 3.63) is 218 Å². The van der Waals surface area contributed by atoms with Gasteiger partial charge in [0.25, 0.3) is 0 Å². The largest absolute Gasteiger partial charge is 0.310 e. The van der Waals surface area contributed by atoms with E-state index in [2.05, 4.69) is 228 Å². The molecule has 0 N–H and O–H groups in total. The molecule has 0 atom stereocenters. The van der Waals surface area contributed by atoms with Gasteiger partial charge in [-0.15, -0.1) is 0 Å². The number of fused-ring (bicyclic) bond motifs is 7. The van der Waals surface area contributed by atoms with Gasteiger partial charge in [0.2, 0.25) is 0 Å². The highest BCUT2D eigenvalue weighted by atomic mass is 15.1. The van der Waals surface area contributed by atoms with Crippen LogP contribution in [-0.4, -0.2) is 4.57 Å². The molecule has 2 heteroatoms. The number of para-hydroxylation sites is 3. The lowest BCUT2D eigenvalue weighted by Crippen LogP contribution is -2.09. The lowest BCUT2D eigenvalue weighted by atomic mass is 9.91. The lowest BCUT2D eigenvalue weighted by molar-refractivity contribution is 1.18. The number of nitrogens with zero attached hydrogens (tertiary/aromatic N) is 2. The Hall–Kier alpha value is -7.42. The highest BCUT2D eigenvalue weighted by Crippen LogP contribution is 2.42. The summed E-state index contributed by atoms with van der Waals surface area (Å²) in [6.07, 6.45) is 0. The standard InChI is InChI=1S/C54H36N2/c1-3-16-42(17-4-1)55(45-32-34-47-40(35-45)26-25-37-13-7-8-20-46(37)47)44-30-27-38(28-31-44)48-22-11-14-39-15-12-23-49(54(39)48)41-29-33-51-50-21-9-10-24-52(50)56(53(51)36-41)43-18-5-2-6-19-43/h1-36H. The topological polar surface area (TPSA) is 8.17 Å². The summed E-state index contributed by atoms with van der Waals surface area (Å²) in [6.45, 7) is 0. The fraction of sp³-hybridized carbons (Fsp3) is 0. The summed E-state index contributed by atoms with van der Waals surface area (Å²) in [5.74, 6) is 0. The predicted molar refractivity (Wildman–Crippen MR) is 239 cm³/mol. The van der Waals surface area contributed by atoms with E-state index in [-0.39, 0.29) is 0 Å². The first kappa shape index (κ1) is 32.0. The van der Waals surface area contributed by atoms with Crippen molar-refractivity contribution >= 4 is 71.2 Å². The van der Waals surface area contributed by atoms with Gasteiger partial charge in [-0.05, 0) is 115 Å². The number of anilines is 3. The Labute approximate surface area is 325 Å². The maximum atomic E-state index is 2.40. The van der Waals surface area contributed by atoms with E-state index in [9.17, 15) is 0 Å². The minimum absolute atomic E-state index is 1.11. The number of hydrogen-bond acceptors (Lipinski definition) is 1. The van der Waals surface area contributed by atoms with E-state index >= 15 is 0 Å². The first-order valence-corrected chi connectivity index (χ1v) is 19.3. The summed E-state index contributed by atoms with van der Waals surface area (Å²) in [5, 5.41) is 10.0. The average Bonchev–Trinajstić information content (AvgIpc) is 3.60. The van der Waals surface area contributed by atoms with Gasteiger partial charge in [0.1, 0.15) is 0 Å². The van der Waals surface area contributed by atoms with Crippen molar-refractivity contribution in [1.82, 2.24) is 4.57 Å². The fourth-order valence-corrected chi connectivity index (χ4v) is 8.77.